The molecule has 0 fully saturated rings. The summed E-state index contributed by atoms with van der Waals surface area (Å²) >= 11 is 7.45. The van der Waals surface area contributed by atoms with Crippen molar-refractivity contribution in [2.45, 2.75) is 26.3 Å². The van der Waals surface area contributed by atoms with Crippen LogP contribution in [-0.2, 0) is 6.42 Å². The highest BCUT2D eigenvalue weighted by Gasteiger charge is 2.46. The number of nitrogens with zero attached hydrogens (tertiary/aromatic N) is 3. The average Bonchev–Trinajstić information content (AvgIpc) is 3.33. The summed E-state index contributed by atoms with van der Waals surface area (Å²) in [7, 11) is 0. The Hall–Kier alpha value is -3.10. The molecule has 0 bridgehead atoms. The van der Waals surface area contributed by atoms with E-state index in [-0.39, 0.29) is 33.0 Å². The zero-order chi connectivity index (χ0) is 21.9. The van der Waals surface area contributed by atoms with E-state index < -0.39 is 23.2 Å². The lowest BCUT2D eigenvalue weighted by Crippen LogP contribution is -2.30. The number of benzene rings is 2. The molecule has 1 amide bonds. The predicted octanol–water partition coefficient (Wildman–Crippen LogP) is 5.06. The van der Waals surface area contributed by atoms with Crippen molar-refractivity contribution in [2.24, 2.45) is 0 Å². The number of hydrogen-bond donors (Lipinski definition) is 0. The molecule has 3 heterocycles. The van der Waals surface area contributed by atoms with Gasteiger partial charge in [-0.2, -0.15) is 0 Å². The van der Waals surface area contributed by atoms with E-state index in [0.717, 1.165) is 5.01 Å². The number of halogens is 2. The van der Waals surface area contributed by atoms with Crippen molar-refractivity contribution in [1.29, 1.82) is 0 Å². The zero-order valence-electron chi connectivity index (χ0n) is 16.5. The molecule has 5 rings (SSSR count). The molecule has 1 aliphatic rings. The lowest BCUT2D eigenvalue weighted by Gasteiger charge is -2.22. The van der Waals surface area contributed by atoms with Crippen LogP contribution in [-0.4, -0.2) is 16.1 Å². The fourth-order valence-electron chi connectivity index (χ4n) is 3.77. The van der Waals surface area contributed by atoms with Crippen molar-refractivity contribution in [1.82, 2.24) is 10.2 Å². The van der Waals surface area contributed by atoms with Gasteiger partial charge in [0, 0.05) is 10.6 Å². The largest absolute Gasteiger partial charge is 0.450 e. The molecule has 0 saturated heterocycles. The van der Waals surface area contributed by atoms with Gasteiger partial charge in [0.05, 0.1) is 10.9 Å². The Morgan fingerprint density at radius 3 is 2.71 bits per heavy atom. The molecule has 0 radical (unpaired) electrons. The van der Waals surface area contributed by atoms with Gasteiger partial charge in [0.15, 0.2) is 5.43 Å². The van der Waals surface area contributed by atoms with Gasteiger partial charge < -0.3 is 4.42 Å². The maximum Gasteiger partial charge on any atom is 0.297 e. The Bertz CT molecular complexity index is 1430. The molecule has 156 valence electrons. The van der Waals surface area contributed by atoms with Gasteiger partial charge in [-0.3, -0.25) is 14.5 Å². The van der Waals surface area contributed by atoms with Gasteiger partial charge in [0.2, 0.25) is 10.9 Å². The lowest BCUT2D eigenvalue weighted by molar-refractivity contribution is 0.0970. The summed E-state index contributed by atoms with van der Waals surface area (Å²) in [6.45, 7) is 3.70. The summed E-state index contributed by atoms with van der Waals surface area (Å²) < 4.78 is 20.8. The van der Waals surface area contributed by atoms with Gasteiger partial charge in [-0.15, -0.1) is 10.2 Å². The topological polar surface area (TPSA) is 76.3 Å². The van der Waals surface area contributed by atoms with Crippen LogP contribution in [0, 0.1) is 12.7 Å². The molecule has 2 aromatic carbocycles. The van der Waals surface area contributed by atoms with Crippen LogP contribution in [0.15, 0.2) is 45.6 Å². The van der Waals surface area contributed by atoms with E-state index in [0.29, 0.717) is 17.0 Å². The Kier molecular flexibility index (Phi) is 4.64. The first-order valence-corrected chi connectivity index (χ1v) is 10.8. The molecule has 9 heteroatoms. The van der Waals surface area contributed by atoms with E-state index >= 15 is 0 Å². The fraction of sp³-hybridized carbons (Fsp3) is 0.182. The summed E-state index contributed by atoms with van der Waals surface area (Å²) in [6, 6.07) is 8.14. The molecule has 0 spiro atoms. The average molecular weight is 456 g/mol. The number of aromatic nitrogens is 2. The van der Waals surface area contributed by atoms with Gasteiger partial charge >= 0.3 is 0 Å². The summed E-state index contributed by atoms with van der Waals surface area (Å²) in [5.41, 5.74) is 0.771. The van der Waals surface area contributed by atoms with E-state index in [1.807, 2.05) is 6.92 Å². The second-order valence-electron chi connectivity index (χ2n) is 7.20. The number of amides is 1. The summed E-state index contributed by atoms with van der Waals surface area (Å²) in [6.07, 6.45) is 0.635. The minimum Gasteiger partial charge on any atom is -0.450 e. The van der Waals surface area contributed by atoms with Gasteiger partial charge in [0.1, 0.15) is 22.4 Å². The van der Waals surface area contributed by atoms with Crippen LogP contribution in [0.4, 0.5) is 9.52 Å². The van der Waals surface area contributed by atoms with Gasteiger partial charge in [-0.1, -0.05) is 48.1 Å². The standard InChI is InChI=1S/C22H15ClFN3O3S/c1-3-16-25-26-22(31-16)27-18(11-6-4-5-7-14(11)24)17-19(28)12-9-13(23)10(2)8-15(12)30-20(17)21(27)29/h4-9,18H,3H2,1-2H3. The maximum atomic E-state index is 14.9. The third kappa shape index (κ3) is 2.97. The predicted molar refractivity (Wildman–Crippen MR) is 117 cm³/mol. The molecule has 1 atom stereocenters. The van der Waals surface area contributed by atoms with Crippen LogP contribution in [0.25, 0.3) is 11.0 Å². The molecule has 6 nitrogen and oxygen atoms in total. The smallest absolute Gasteiger partial charge is 0.297 e. The monoisotopic (exact) mass is 455 g/mol. The van der Waals surface area contributed by atoms with Crippen molar-refractivity contribution in [3.8, 4) is 0 Å². The number of anilines is 1. The molecule has 1 unspecified atom stereocenters. The first-order valence-electron chi connectivity index (χ1n) is 9.58. The number of fused-ring (bicyclic) bond motifs is 2. The molecule has 1 aliphatic heterocycles. The Labute approximate surface area is 184 Å². The third-order valence-electron chi connectivity index (χ3n) is 5.32. The second-order valence-corrected chi connectivity index (χ2v) is 8.65. The summed E-state index contributed by atoms with van der Waals surface area (Å²) in [5.74, 6) is -1.23. The van der Waals surface area contributed by atoms with Crippen LogP contribution in [0.5, 0.6) is 0 Å². The number of carbonyl (C=O) groups excluding carboxylic acids is 1. The van der Waals surface area contributed by atoms with Crippen molar-refractivity contribution in [2.75, 3.05) is 4.90 Å². The maximum absolute atomic E-state index is 14.9. The van der Waals surface area contributed by atoms with Gasteiger partial charge in [-0.25, -0.2) is 4.39 Å². The van der Waals surface area contributed by atoms with Crippen molar-refractivity contribution >= 4 is 44.9 Å². The van der Waals surface area contributed by atoms with Crippen LogP contribution < -0.4 is 10.3 Å². The minimum atomic E-state index is -1.03. The van der Waals surface area contributed by atoms with Gasteiger partial charge in [0.25, 0.3) is 5.91 Å². The van der Waals surface area contributed by atoms with Crippen LogP contribution >= 0.6 is 22.9 Å². The van der Waals surface area contributed by atoms with Crippen molar-refractivity contribution in [3.63, 3.8) is 0 Å². The first-order chi connectivity index (χ1) is 14.9. The fourth-order valence-corrected chi connectivity index (χ4v) is 4.74. The lowest BCUT2D eigenvalue weighted by atomic mass is 9.98. The van der Waals surface area contributed by atoms with Crippen molar-refractivity contribution < 1.29 is 13.6 Å². The summed E-state index contributed by atoms with van der Waals surface area (Å²) in [4.78, 5) is 28.2. The van der Waals surface area contributed by atoms with Crippen LogP contribution in [0.3, 0.4) is 0 Å². The highest BCUT2D eigenvalue weighted by Crippen LogP contribution is 2.43. The first kappa shape index (κ1) is 19.8. The van der Waals surface area contributed by atoms with Crippen molar-refractivity contribution in [3.05, 3.63) is 84.9 Å². The normalized spacial score (nSPS) is 15.7. The Balaban J connectivity index is 1.84. The number of rotatable bonds is 3. The van der Waals surface area contributed by atoms with Gasteiger partial charge in [-0.05, 0) is 37.1 Å². The number of hydrogen-bond acceptors (Lipinski definition) is 6. The minimum absolute atomic E-state index is 0.0655. The van der Waals surface area contributed by atoms with Crippen LogP contribution in [0.2, 0.25) is 5.02 Å². The van der Waals surface area contributed by atoms with Crippen LogP contribution in [0.1, 0.15) is 45.2 Å². The Morgan fingerprint density at radius 2 is 2.00 bits per heavy atom. The van der Waals surface area contributed by atoms with E-state index in [1.54, 1.807) is 31.2 Å². The quantitative estimate of drug-likeness (QED) is 0.431. The molecule has 0 N–H and O–H groups in total. The molecule has 2 aromatic heterocycles. The molecule has 0 saturated carbocycles. The van der Waals surface area contributed by atoms with E-state index in [1.165, 1.54) is 28.4 Å². The highest BCUT2D eigenvalue weighted by molar-refractivity contribution is 7.15. The van der Waals surface area contributed by atoms with E-state index in [4.69, 9.17) is 16.0 Å². The third-order valence-corrected chi connectivity index (χ3v) is 6.79. The molecule has 0 aliphatic carbocycles. The highest BCUT2D eigenvalue weighted by atomic mass is 35.5. The van der Waals surface area contributed by atoms with E-state index in [9.17, 15) is 14.0 Å². The Morgan fingerprint density at radius 1 is 1.23 bits per heavy atom. The SMILES string of the molecule is CCc1nnc(N2C(=O)c3oc4cc(C)c(Cl)cc4c(=O)c3C2c2ccccc2F)s1. The summed E-state index contributed by atoms with van der Waals surface area (Å²) in [5, 5.41) is 9.84. The van der Waals surface area contributed by atoms with E-state index in [2.05, 4.69) is 10.2 Å². The number of aryl methyl sites for hydroxylation is 2. The molecular formula is C22H15ClFN3O3S. The zero-order valence-corrected chi connectivity index (χ0v) is 18.1. The molecule has 4 aromatic rings. The molecular weight excluding hydrogens is 441 g/mol. The number of carbonyl (C=O) groups is 1. The second kappa shape index (κ2) is 7.25. The molecule has 31 heavy (non-hydrogen) atoms.